The second-order valence-electron chi connectivity index (χ2n) is 4.56. The molecule has 1 aromatic carbocycles. The number of ketones is 2. The van der Waals surface area contributed by atoms with Crippen molar-refractivity contribution in [3.8, 4) is 0 Å². The predicted octanol–water partition coefficient (Wildman–Crippen LogP) is 3.70. The molecule has 0 fully saturated rings. The Bertz CT molecular complexity index is 740. The Hall–Kier alpha value is -2.01. The van der Waals surface area contributed by atoms with Crippen LogP contribution in [0, 0.1) is 6.92 Å². The van der Waals surface area contributed by atoms with E-state index in [1.54, 1.807) is 26.0 Å². The van der Waals surface area contributed by atoms with Gasteiger partial charge in [0.2, 0.25) is 0 Å². The molecule has 0 aliphatic heterocycles. The van der Waals surface area contributed by atoms with Crippen LogP contribution in [0.25, 0.3) is 10.1 Å². The quantitative estimate of drug-likeness (QED) is 0.871. The Balaban J connectivity index is 2.93. The molecule has 0 spiro atoms. The third kappa shape index (κ3) is 2.14. The highest BCUT2D eigenvalue weighted by atomic mass is 32.1. The molecule has 1 heterocycles. The van der Waals surface area contributed by atoms with Gasteiger partial charge in [0.25, 0.3) is 0 Å². The van der Waals surface area contributed by atoms with E-state index in [9.17, 15) is 19.5 Å². The first-order chi connectivity index (χ1) is 9.38. The van der Waals surface area contributed by atoms with Gasteiger partial charge in [0, 0.05) is 27.6 Å². The number of hydrogen-bond donors (Lipinski definition) is 1. The minimum atomic E-state index is -1.03. The molecule has 2 rings (SSSR count). The molecule has 1 N–H and O–H groups in total. The van der Waals surface area contributed by atoms with E-state index in [4.69, 9.17) is 0 Å². The monoisotopic (exact) mass is 290 g/mol. The van der Waals surface area contributed by atoms with Crippen molar-refractivity contribution in [2.24, 2.45) is 0 Å². The Morgan fingerprint density at radius 2 is 1.80 bits per heavy atom. The van der Waals surface area contributed by atoms with Gasteiger partial charge in [-0.1, -0.05) is 6.92 Å². The van der Waals surface area contributed by atoms with Crippen molar-refractivity contribution in [1.29, 1.82) is 0 Å². The van der Waals surface area contributed by atoms with Gasteiger partial charge in [-0.2, -0.15) is 0 Å². The van der Waals surface area contributed by atoms with Gasteiger partial charge in [-0.25, -0.2) is 4.79 Å². The summed E-state index contributed by atoms with van der Waals surface area (Å²) in [5.41, 5.74) is 1.51. The van der Waals surface area contributed by atoms with Crippen molar-refractivity contribution < 1.29 is 19.5 Å². The predicted molar refractivity (Wildman–Crippen MR) is 78.1 cm³/mol. The van der Waals surface area contributed by atoms with Gasteiger partial charge in [-0.05, 0) is 31.5 Å². The normalized spacial score (nSPS) is 10.8. The molecule has 0 amide bonds. The Morgan fingerprint density at radius 3 is 2.30 bits per heavy atom. The summed E-state index contributed by atoms with van der Waals surface area (Å²) >= 11 is 1.06. The molecule has 1 aromatic heterocycles. The maximum absolute atomic E-state index is 12.0. The highest BCUT2D eigenvalue weighted by molar-refractivity contribution is 7.21. The number of Topliss-reactive ketones (excluding diaryl/α,β-unsaturated/α-hetero) is 2. The van der Waals surface area contributed by atoms with Gasteiger partial charge in [-0.3, -0.25) is 9.59 Å². The fourth-order valence-corrected chi connectivity index (χ4v) is 3.49. The zero-order chi connectivity index (χ0) is 15.0. The van der Waals surface area contributed by atoms with Crippen LogP contribution in [-0.2, 0) is 0 Å². The van der Waals surface area contributed by atoms with Gasteiger partial charge >= 0.3 is 5.97 Å². The molecule has 20 heavy (non-hydrogen) atoms. The zero-order valence-electron chi connectivity index (χ0n) is 11.4. The second-order valence-corrected chi connectivity index (χ2v) is 5.58. The fourth-order valence-electron chi connectivity index (χ4n) is 2.26. The number of carbonyl (C=O) groups is 3. The minimum absolute atomic E-state index is 0.0528. The lowest BCUT2D eigenvalue weighted by atomic mass is 9.97. The highest BCUT2D eigenvalue weighted by Crippen LogP contribution is 2.36. The van der Waals surface area contributed by atoms with E-state index >= 15 is 0 Å². The van der Waals surface area contributed by atoms with Crippen molar-refractivity contribution in [2.75, 3.05) is 0 Å². The molecular formula is C15H14O4S. The summed E-state index contributed by atoms with van der Waals surface area (Å²) in [6, 6.07) is 3.23. The summed E-state index contributed by atoms with van der Waals surface area (Å²) in [5.74, 6) is -1.22. The number of hydrogen-bond acceptors (Lipinski definition) is 4. The fraction of sp³-hybridized carbons (Fsp3) is 0.267. The molecule has 0 unspecified atom stereocenters. The van der Waals surface area contributed by atoms with Crippen LogP contribution in [-0.4, -0.2) is 22.6 Å². The van der Waals surface area contributed by atoms with E-state index in [1.807, 2.05) is 0 Å². The van der Waals surface area contributed by atoms with Crippen LogP contribution in [0.5, 0.6) is 0 Å². The summed E-state index contributed by atoms with van der Waals surface area (Å²) < 4.78 is 0.590. The molecule has 0 radical (unpaired) electrons. The zero-order valence-corrected chi connectivity index (χ0v) is 12.3. The SMILES string of the molecule is CCC(=O)c1ccc(C(C)=O)c2sc(C(=O)O)c(C)c12. The molecule has 4 nitrogen and oxygen atoms in total. The molecule has 0 atom stereocenters. The number of carbonyl (C=O) groups excluding carboxylic acids is 2. The van der Waals surface area contributed by atoms with Crippen LogP contribution in [0.2, 0.25) is 0 Å². The lowest BCUT2D eigenvalue weighted by molar-refractivity contribution is 0.0701. The molecular weight excluding hydrogens is 276 g/mol. The molecule has 2 aromatic rings. The number of aryl methyl sites for hydroxylation is 1. The highest BCUT2D eigenvalue weighted by Gasteiger charge is 2.22. The minimum Gasteiger partial charge on any atom is -0.477 e. The maximum atomic E-state index is 12.0. The van der Waals surface area contributed by atoms with E-state index in [0.29, 0.717) is 33.2 Å². The number of benzene rings is 1. The third-order valence-corrected chi connectivity index (χ3v) is 4.59. The first kappa shape index (κ1) is 14.4. The standard InChI is InChI=1S/C15H14O4S/c1-4-11(17)10-6-5-9(8(3)16)14-12(10)7(2)13(20-14)15(18)19/h5-6H,4H2,1-3H3,(H,18,19). The smallest absolute Gasteiger partial charge is 0.346 e. The molecule has 0 aliphatic rings. The van der Waals surface area contributed by atoms with Crippen LogP contribution >= 0.6 is 11.3 Å². The summed E-state index contributed by atoms with van der Waals surface area (Å²) in [4.78, 5) is 35.1. The van der Waals surface area contributed by atoms with E-state index in [2.05, 4.69) is 0 Å². The molecule has 5 heteroatoms. The number of fused-ring (bicyclic) bond motifs is 1. The van der Waals surface area contributed by atoms with Crippen LogP contribution < -0.4 is 0 Å². The number of carboxylic acids is 1. The summed E-state index contributed by atoms with van der Waals surface area (Å²) in [5, 5.41) is 9.83. The van der Waals surface area contributed by atoms with Gasteiger partial charge < -0.3 is 5.11 Å². The maximum Gasteiger partial charge on any atom is 0.346 e. The Kier molecular flexibility index (Phi) is 3.72. The first-order valence-electron chi connectivity index (χ1n) is 6.22. The number of aromatic carboxylic acids is 1. The van der Waals surface area contributed by atoms with Crippen molar-refractivity contribution >= 4 is 39.0 Å². The molecule has 0 aliphatic carbocycles. The number of carboxylic acid groups (broad SMARTS) is 1. The summed E-state index contributed by atoms with van der Waals surface area (Å²) in [7, 11) is 0. The van der Waals surface area contributed by atoms with Crippen molar-refractivity contribution in [3.63, 3.8) is 0 Å². The van der Waals surface area contributed by atoms with E-state index in [0.717, 1.165) is 11.3 Å². The van der Waals surface area contributed by atoms with Crippen molar-refractivity contribution in [2.45, 2.75) is 27.2 Å². The van der Waals surface area contributed by atoms with Crippen LogP contribution in [0.4, 0.5) is 0 Å². The van der Waals surface area contributed by atoms with E-state index < -0.39 is 5.97 Å². The van der Waals surface area contributed by atoms with Crippen molar-refractivity contribution in [3.05, 3.63) is 33.7 Å². The van der Waals surface area contributed by atoms with Crippen LogP contribution in [0.1, 0.15) is 56.2 Å². The molecule has 0 bridgehead atoms. The van der Waals surface area contributed by atoms with Gasteiger partial charge in [-0.15, -0.1) is 11.3 Å². The van der Waals surface area contributed by atoms with Crippen LogP contribution in [0.15, 0.2) is 12.1 Å². The second kappa shape index (κ2) is 5.17. The van der Waals surface area contributed by atoms with Gasteiger partial charge in [0.1, 0.15) is 4.88 Å². The molecule has 0 saturated carbocycles. The van der Waals surface area contributed by atoms with Crippen molar-refractivity contribution in [1.82, 2.24) is 0 Å². The molecule has 104 valence electrons. The lowest BCUT2D eigenvalue weighted by Gasteiger charge is -2.05. The first-order valence-corrected chi connectivity index (χ1v) is 7.03. The average molecular weight is 290 g/mol. The lowest BCUT2D eigenvalue weighted by Crippen LogP contribution is -2.01. The Morgan fingerprint density at radius 1 is 1.20 bits per heavy atom. The third-order valence-electron chi connectivity index (χ3n) is 3.27. The number of thiophene rings is 1. The summed E-state index contributed by atoms with van der Waals surface area (Å²) in [6.07, 6.45) is 0.339. The molecule has 0 saturated heterocycles. The number of rotatable bonds is 4. The van der Waals surface area contributed by atoms with Gasteiger partial charge in [0.15, 0.2) is 11.6 Å². The van der Waals surface area contributed by atoms with E-state index in [-0.39, 0.29) is 16.4 Å². The van der Waals surface area contributed by atoms with Gasteiger partial charge in [0.05, 0.1) is 0 Å². The topological polar surface area (TPSA) is 71.4 Å². The van der Waals surface area contributed by atoms with Crippen LogP contribution in [0.3, 0.4) is 0 Å². The Labute approximate surface area is 120 Å². The summed E-state index contributed by atoms with van der Waals surface area (Å²) in [6.45, 7) is 4.87. The largest absolute Gasteiger partial charge is 0.477 e. The average Bonchev–Trinajstić information content (AvgIpc) is 2.75. The van der Waals surface area contributed by atoms with E-state index in [1.165, 1.54) is 6.92 Å².